The predicted molar refractivity (Wildman–Crippen MR) is 96.0 cm³/mol. The van der Waals surface area contributed by atoms with Crippen molar-refractivity contribution in [2.45, 2.75) is 26.8 Å². The molecule has 1 aromatic carbocycles. The summed E-state index contributed by atoms with van der Waals surface area (Å²) in [6.45, 7) is 5.62. The number of hydrogen-bond acceptors (Lipinski definition) is 3. The number of rotatable bonds is 8. The van der Waals surface area contributed by atoms with Crippen LogP contribution < -0.4 is 10.6 Å². The number of nitrogens with one attached hydrogen (secondary N) is 2. The molecule has 0 bridgehead atoms. The zero-order valence-corrected chi connectivity index (χ0v) is 15.6. The molecule has 0 amide bonds. The Kier molecular flexibility index (Phi) is 8.14. The molecule has 0 heterocycles. The number of halogens is 1. The maximum atomic E-state index is 13.2. The van der Waals surface area contributed by atoms with Gasteiger partial charge in [0.1, 0.15) is 5.82 Å². The second-order valence-electron chi connectivity index (χ2n) is 5.54. The highest BCUT2D eigenvalue weighted by Crippen LogP contribution is 2.08. The molecule has 136 valence electrons. The van der Waals surface area contributed by atoms with Crippen LogP contribution in [0, 0.1) is 12.7 Å². The molecule has 0 saturated carbocycles. The van der Waals surface area contributed by atoms with Crippen LogP contribution in [0.15, 0.2) is 23.2 Å². The van der Waals surface area contributed by atoms with E-state index in [0.717, 1.165) is 5.56 Å². The first-order chi connectivity index (χ1) is 11.3. The van der Waals surface area contributed by atoms with Gasteiger partial charge in [0.25, 0.3) is 0 Å². The number of nitrogens with zero attached hydrogens (tertiary/aromatic N) is 2. The van der Waals surface area contributed by atoms with Crippen molar-refractivity contribution in [1.82, 2.24) is 14.9 Å². The number of benzene rings is 1. The van der Waals surface area contributed by atoms with E-state index in [0.29, 0.717) is 44.1 Å². The zero-order chi connectivity index (χ0) is 18.2. The Balaban J connectivity index is 2.39. The average Bonchev–Trinajstić information content (AvgIpc) is 2.52. The van der Waals surface area contributed by atoms with Crippen LogP contribution in [0.3, 0.4) is 0 Å². The van der Waals surface area contributed by atoms with Crippen molar-refractivity contribution in [1.29, 1.82) is 0 Å². The molecule has 0 aliphatic rings. The smallest absolute Gasteiger partial charge is 0.211 e. The van der Waals surface area contributed by atoms with Crippen molar-refractivity contribution < 1.29 is 12.8 Å². The van der Waals surface area contributed by atoms with E-state index in [-0.39, 0.29) is 5.82 Å². The first-order valence-corrected chi connectivity index (χ1v) is 9.77. The van der Waals surface area contributed by atoms with Gasteiger partial charge in [-0.2, -0.15) is 0 Å². The highest BCUT2D eigenvalue weighted by Gasteiger charge is 2.13. The molecule has 0 unspecified atom stereocenters. The van der Waals surface area contributed by atoms with E-state index in [1.807, 2.05) is 6.92 Å². The van der Waals surface area contributed by atoms with Crippen molar-refractivity contribution in [2.24, 2.45) is 4.99 Å². The summed E-state index contributed by atoms with van der Waals surface area (Å²) in [5, 5.41) is 6.29. The van der Waals surface area contributed by atoms with Gasteiger partial charge in [0.05, 0.1) is 6.26 Å². The molecule has 0 aromatic heterocycles. The maximum Gasteiger partial charge on any atom is 0.211 e. The molecular formula is C16H27FN4O2S. The molecular weight excluding hydrogens is 331 g/mol. The minimum absolute atomic E-state index is 0.215. The fraction of sp³-hybridized carbons (Fsp3) is 0.562. The molecule has 0 radical (unpaired) electrons. The molecule has 2 N–H and O–H groups in total. The Morgan fingerprint density at radius 1 is 1.33 bits per heavy atom. The SMILES string of the molecule is CCN(CCCNC(=NC)NCc1ccc(F)c(C)c1)S(C)(=O)=O. The normalized spacial score (nSPS) is 12.5. The first-order valence-electron chi connectivity index (χ1n) is 7.92. The summed E-state index contributed by atoms with van der Waals surface area (Å²) in [5.74, 6) is 0.409. The fourth-order valence-electron chi connectivity index (χ4n) is 2.24. The van der Waals surface area contributed by atoms with Gasteiger partial charge in [-0.25, -0.2) is 17.1 Å². The van der Waals surface area contributed by atoms with Crippen LogP contribution in [0.25, 0.3) is 0 Å². The van der Waals surface area contributed by atoms with E-state index in [2.05, 4.69) is 15.6 Å². The lowest BCUT2D eigenvalue weighted by molar-refractivity contribution is 0.424. The molecule has 8 heteroatoms. The third-order valence-corrected chi connectivity index (χ3v) is 4.98. The van der Waals surface area contributed by atoms with Gasteiger partial charge in [-0.3, -0.25) is 4.99 Å². The lowest BCUT2D eigenvalue weighted by Crippen LogP contribution is -2.39. The van der Waals surface area contributed by atoms with Crippen molar-refractivity contribution in [3.63, 3.8) is 0 Å². The largest absolute Gasteiger partial charge is 0.356 e. The Morgan fingerprint density at radius 2 is 2.04 bits per heavy atom. The van der Waals surface area contributed by atoms with Crippen molar-refractivity contribution in [2.75, 3.05) is 32.9 Å². The van der Waals surface area contributed by atoms with Gasteiger partial charge in [-0.15, -0.1) is 0 Å². The summed E-state index contributed by atoms with van der Waals surface area (Å²) < 4.78 is 37.7. The van der Waals surface area contributed by atoms with Gasteiger partial charge in [0, 0.05) is 33.2 Å². The van der Waals surface area contributed by atoms with Gasteiger partial charge in [0.2, 0.25) is 10.0 Å². The Labute approximate surface area is 144 Å². The first kappa shape index (κ1) is 20.4. The molecule has 1 aromatic rings. The Hall–Kier alpha value is -1.67. The second kappa shape index (κ2) is 9.58. The molecule has 0 saturated heterocycles. The zero-order valence-electron chi connectivity index (χ0n) is 14.8. The van der Waals surface area contributed by atoms with Crippen LogP contribution in [0.1, 0.15) is 24.5 Å². The summed E-state index contributed by atoms with van der Waals surface area (Å²) in [6.07, 6.45) is 1.90. The number of hydrogen-bond donors (Lipinski definition) is 2. The Bertz CT molecular complexity index is 662. The van der Waals surface area contributed by atoms with E-state index in [4.69, 9.17) is 0 Å². The molecule has 0 spiro atoms. The molecule has 1 rings (SSSR count). The third kappa shape index (κ3) is 6.84. The topological polar surface area (TPSA) is 73.8 Å². The third-order valence-electron chi connectivity index (χ3n) is 3.60. The monoisotopic (exact) mass is 358 g/mol. The summed E-state index contributed by atoms with van der Waals surface area (Å²) in [5.41, 5.74) is 1.57. The highest BCUT2D eigenvalue weighted by molar-refractivity contribution is 7.88. The van der Waals surface area contributed by atoms with Crippen molar-refractivity contribution in [3.05, 3.63) is 35.1 Å². The minimum Gasteiger partial charge on any atom is -0.356 e. The van der Waals surface area contributed by atoms with E-state index in [1.165, 1.54) is 16.6 Å². The van der Waals surface area contributed by atoms with Crippen LogP contribution in [-0.4, -0.2) is 51.6 Å². The molecule has 0 fully saturated rings. The van der Waals surface area contributed by atoms with Gasteiger partial charge in [-0.1, -0.05) is 19.1 Å². The Morgan fingerprint density at radius 3 is 2.58 bits per heavy atom. The fourth-order valence-corrected chi connectivity index (χ4v) is 3.17. The standard InChI is InChI=1S/C16H27FN4O2S/c1-5-21(24(4,22)23)10-6-9-19-16(18-3)20-12-14-7-8-15(17)13(2)11-14/h7-8,11H,5-6,9-10,12H2,1-4H3,(H2,18,19,20). The second-order valence-corrected chi connectivity index (χ2v) is 7.53. The van der Waals surface area contributed by atoms with Crippen LogP contribution in [0.4, 0.5) is 4.39 Å². The summed E-state index contributed by atoms with van der Waals surface area (Å²) in [4.78, 5) is 4.12. The van der Waals surface area contributed by atoms with E-state index in [1.54, 1.807) is 26.1 Å². The predicted octanol–water partition coefficient (Wildman–Crippen LogP) is 1.47. The van der Waals surface area contributed by atoms with E-state index >= 15 is 0 Å². The quantitative estimate of drug-likeness (QED) is 0.419. The van der Waals surface area contributed by atoms with Gasteiger partial charge in [0.15, 0.2) is 5.96 Å². The summed E-state index contributed by atoms with van der Waals surface area (Å²) in [6, 6.07) is 4.97. The lowest BCUT2D eigenvalue weighted by atomic mass is 10.1. The van der Waals surface area contributed by atoms with Gasteiger partial charge in [-0.05, 0) is 30.5 Å². The lowest BCUT2D eigenvalue weighted by Gasteiger charge is -2.18. The number of sulfonamides is 1. The van der Waals surface area contributed by atoms with Gasteiger partial charge < -0.3 is 10.6 Å². The molecule has 0 aliphatic heterocycles. The van der Waals surface area contributed by atoms with Crippen LogP contribution in [0.5, 0.6) is 0 Å². The van der Waals surface area contributed by atoms with E-state index < -0.39 is 10.0 Å². The van der Waals surface area contributed by atoms with Crippen molar-refractivity contribution in [3.8, 4) is 0 Å². The van der Waals surface area contributed by atoms with E-state index in [9.17, 15) is 12.8 Å². The van der Waals surface area contributed by atoms with Crippen LogP contribution in [0.2, 0.25) is 0 Å². The molecule has 6 nitrogen and oxygen atoms in total. The molecule has 24 heavy (non-hydrogen) atoms. The van der Waals surface area contributed by atoms with Crippen LogP contribution >= 0.6 is 0 Å². The molecule has 0 atom stereocenters. The number of aliphatic imine (C=N–C) groups is 1. The number of aryl methyl sites for hydroxylation is 1. The minimum atomic E-state index is -3.15. The molecule has 0 aliphatic carbocycles. The highest BCUT2D eigenvalue weighted by atomic mass is 32.2. The number of guanidine groups is 1. The maximum absolute atomic E-state index is 13.2. The summed E-state index contributed by atoms with van der Waals surface area (Å²) in [7, 11) is -1.48. The van der Waals surface area contributed by atoms with Crippen molar-refractivity contribution >= 4 is 16.0 Å². The average molecular weight is 358 g/mol. The summed E-state index contributed by atoms with van der Waals surface area (Å²) >= 11 is 0. The van der Waals surface area contributed by atoms with Gasteiger partial charge >= 0.3 is 0 Å². The van der Waals surface area contributed by atoms with Crippen LogP contribution in [-0.2, 0) is 16.6 Å².